The lowest BCUT2D eigenvalue weighted by molar-refractivity contribution is -0.451. The van der Waals surface area contributed by atoms with Crippen LogP contribution in [0.15, 0.2) is 11.8 Å². The molecule has 1 N–H and O–H groups in total. The van der Waals surface area contributed by atoms with Gasteiger partial charge in [0.05, 0.1) is 0 Å². The van der Waals surface area contributed by atoms with Gasteiger partial charge in [-0.1, -0.05) is 0 Å². The molecule has 3 nitrogen and oxygen atoms in total. The van der Waals surface area contributed by atoms with Crippen molar-refractivity contribution < 1.29 is 107 Å². The number of ether oxygens (including phenoxy) is 1. The molecular formula is C16HF21O3. The maximum atomic E-state index is 13.7. The van der Waals surface area contributed by atoms with Crippen molar-refractivity contribution in [2.45, 2.75) is 41.7 Å². The second-order valence-electron chi connectivity index (χ2n) is 6.90. The maximum Gasteiger partial charge on any atom is 0.460 e. The largest absolute Gasteiger partial charge is 0.477 e. The van der Waals surface area contributed by atoms with Gasteiger partial charge < -0.3 is 9.84 Å². The fourth-order valence-electron chi connectivity index (χ4n) is 2.26. The highest BCUT2D eigenvalue weighted by molar-refractivity contribution is 5.91. The van der Waals surface area contributed by atoms with Crippen LogP contribution in [0.2, 0.25) is 0 Å². The molecule has 0 aromatic heterocycles. The molecule has 1 aromatic rings. The summed E-state index contributed by atoms with van der Waals surface area (Å²) in [6.45, 7) is 0. The Morgan fingerprint density at radius 2 is 0.900 bits per heavy atom. The summed E-state index contributed by atoms with van der Waals surface area (Å²) >= 11 is 0. The zero-order valence-corrected chi connectivity index (χ0v) is 17.2. The predicted octanol–water partition coefficient (Wildman–Crippen LogP) is 7.80. The SMILES string of the molecule is O=C(O)c1c(F)c(F)c(F)c(F)c1OC(F)=C(F)C(F)(F)C(F)(F)C(F)(F)C(F)(F)C(F)(F)C(F)(F)C(F)(F)F. The Bertz CT molecular complexity index is 1210. The van der Waals surface area contributed by atoms with Crippen molar-refractivity contribution in [3.05, 3.63) is 40.7 Å². The second-order valence-corrected chi connectivity index (χ2v) is 6.90. The Morgan fingerprint density at radius 3 is 1.27 bits per heavy atom. The van der Waals surface area contributed by atoms with Crippen LogP contribution in [0, 0.1) is 23.3 Å². The fourth-order valence-corrected chi connectivity index (χ4v) is 2.26. The van der Waals surface area contributed by atoms with Gasteiger partial charge in [-0.2, -0.15) is 79.0 Å². The molecule has 0 fully saturated rings. The Morgan fingerprint density at radius 1 is 0.550 bits per heavy atom. The van der Waals surface area contributed by atoms with Gasteiger partial charge in [0.15, 0.2) is 17.4 Å². The van der Waals surface area contributed by atoms with E-state index in [9.17, 15) is 97.0 Å². The molecule has 0 unspecified atom stereocenters. The number of allylic oxidation sites excluding steroid dienone is 1. The zero-order valence-electron chi connectivity index (χ0n) is 17.2. The Kier molecular flexibility index (Phi) is 8.43. The van der Waals surface area contributed by atoms with Crippen LogP contribution in [0.1, 0.15) is 10.4 Å². The minimum absolute atomic E-state index is 2.79. The van der Waals surface area contributed by atoms with E-state index >= 15 is 0 Å². The smallest absolute Gasteiger partial charge is 0.460 e. The first-order valence-corrected chi connectivity index (χ1v) is 8.55. The molecule has 1 aromatic carbocycles. The minimum atomic E-state index is -8.91. The summed E-state index contributed by atoms with van der Waals surface area (Å²) in [5, 5.41) is 8.55. The van der Waals surface area contributed by atoms with E-state index in [0.29, 0.717) is 0 Å². The van der Waals surface area contributed by atoms with E-state index in [0.717, 1.165) is 0 Å². The van der Waals surface area contributed by atoms with E-state index in [1.165, 1.54) is 0 Å². The first-order chi connectivity index (χ1) is 17.4. The van der Waals surface area contributed by atoms with Crippen molar-refractivity contribution in [3.8, 4) is 5.75 Å². The Balaban J connectivity index is 3.83. The summed E-state index contributed by atoms with van der Waals surface area (Å²) in [5.74, 6) is -75.6. The van der Waals surface area contributed by atoms with Gasteiger partial charge in [-0.05, 0) is 0 Å². The van der Waals surface area contributed by atoms with Gasteiger partial charge in [-0.15, -0.1) is 0 Å². The monoisotopic (exact) mass is 640 g/mol. The van der Waals surface area contributed by atoms with Crippen molar-refractivity contribution in [2.24, 2.45) is 0 Å². The standard InChI is InChI=1S/C16HF21O3/c17-2-1(9(38)39)6(5(20)4(19)3(2)18)40-8(22)7(21)10(23,24)11(25,26)12(27,28)13(29,30)14(31,32)15(33,34)16(35,36)37/h(H,38,39). The average molecular weight is 640 g/mol. The minimum Gasteiger partial charge on any atom is -0.477 e. The number of hydrogen-bond donors (Lipinski definition) is 1. The van der Waals surface area contributed by atoms with Crippen LogP contribution in [0.4, 0.5) is 92.2 Å². The molecule has 0 aliphatic rings. The highest BCUT2D eigenvalue weighted by Gasteiger charge is 2.93. The molecule has 0 aliphatic heterocycles. The average Bonchev–Trinajstić information content (AvgIpc) is 2.78. The summed E-state index contributed by atoms with van der Waals surface area (Å²) in [6, 6.07) is -4.41. The third-order valence-corrected chi connectivity index (χ3v) is 4.41. The molecule has 0 bridgehead atoms. The van der Waals surface area contributed by atoms with Crippen LogP contribution in [-0.4, -0.2) is 52.8 Å². The number of hydrogen-bond acceptors (Lipinski definition) is 2. The van der Waals surface area contributed by atoms with Gasteiger partial charge >= 0.3 is 53.7 Å². The lowest BCUT2D eigenvalue weighted by Crippen LogP contribution is -2.72. The molecule has 0 amide bonds. The van der Waals surface area contributed by atoms with E-state index < -0.39 is 94.1 Å². The highest BCUT2D eigenvalue weighted by atomic mass is 19.4. The third kappa shape index (κ3) is 4.60. The molecule has 0 radical (unpaired) electrons. The number of benzene rings is 1. The van der Waals surface area contributed by atoms with Gasteiger partial charge in [-0.3, -0.25) is 0 Å². The van der Waals surface area contributed by atoms with Crippen molar-refractivity contribution in [2.75, 3.05) is 0 Å². The lowest BCUT2D eigenvalue weighted by atomic mass is 9.91. The lowest BCUT2D eigenvalue weighted by Gasteiger charge is -2.41. The predicted molar refractivity (Wildman–Crippen MR) is 78.8 cm³/mol. The van der Waals surface area contributed by atoms with Gasteiger partial charge in [0.1, 0.15) is 5.56 Å². The zero-order chi connectivity index (χ0) is 32.4. The van der Waals surface area contributed by atoms with Gasteiger partial charge in [0.25, 0.3) is 0 Å². The molecule has 24 heteroatoms. The maximum absolute atomic E-state index is 13.7. The van der Waals surface area contributed by atoms with E-state index in [2.05, 4.69) is 4.74 Å². The normalized spacial score (nSPS) is 15.2. The summed E-state index contributed by atoms with van der Waals surface area (Å²) in [6.07, 6.45) is -7.95. The van der Waals surface area contributed by atoms with Crippen molar-refractivity contribution >= 4 is 5.97 Å². The molecule has 0 spiro atoms. The topological polar surface area (TPSA) is 46.5 Å². The van der Waals surface area contributed by atoms with Crippen LogP contribution < -0.4 is 4.74 Å². The number of alkyl halides is 15. The van der Waals surface area contributed by atoms with Gasteiger partial charge in [0.2, 0.25) is 17.5 Å². The summed E-state index contributed by atoms with van der Waals surface area (Å²) in [5.41, 5.74) is -2.79. The number of rotatable bonds is 9. The molecule has 0 atom stereocenters. The van der Waals surface area contributed by atoms with E-state index in [1.807, 2.05) is 0 Å². The molecular weight excluding hydrogens is 639 g/mol. The van der Waals surface area contributed by atoms with Crippen LogP contribution in [-0.2, 0) is 0 Å². The summed E-state index contributed by atoms with van der Waals surface area (Å²) in [4.78, 5) is 10.8. The Hall–Kier alpha value is -3.24. The van der Waals surface area contributed by atoms with E-state index in [-0.39, 0.29) is 0 Å². The molecule has 0 saturated heterocycles. The first-order valence-electron chi connectivity index (χ1n) is 8.55. The molecule has 0 aliphatic carbocycles. The Labute approximate surface area is 202 Å². The highest BCUT2D eigenvalue weighted by Crippen LogP contribution is 2.63. The molecule has 1 rings (SSSR count). The summed E-state index contributed by atoms with van der Waals surface area (Å²) in [7, 11) is 0. The van der Waals surface area contributed by atoms with Crippen LogP contribution >= 0.6 is 0 Å². The fraction of sp³-hybridized carbons (Fsp3) is 0.438. The second kappa shape index (κ2) is 9.69. The van der Waals surface area contributed by atoms with Crippen LogP contribution in [0.5, 0.6) is 5.75 Å². The third-order valence-electron chi connectivity index (χ3n) is 4.41. The van der Waals surface area contributed by atoms with Crippen molar-refractivity contribution in [1.29, 1.82) is 0 Å². The van der Waals surface area contributed by atoms with Crippen LogP contribution in [0.25, 0.3) is 0 Å². The quantitative estimate of drug-likeness (QED) is 0.130. The van der Waals surface area contributed by atoms with Crippen molar-refractivity contribution in [3.63, 3.8) is 0 Å². The molecule has 0 saturated carbocycles. The van der Waals surface area contributed by atoms with Gasteiger partial charge in [-0.25, -0.2) is 18.0 Å². The number of carboxylic acids is 1. The number of carboxylic acid groups (broad SMARTS) is 1. The van der Waals surface area contributed by atoms with Crippen LogP contribution in [0.3, 0.4) is 0 Å². The number of carbonyl (C=O) groups is 1. The molecule has 230 valence electrons. The summed E-state index contributed by atoms with van der Waals surface area (Å²) < 4.78 is 280. The number of aromatic carboxylic acids is 1. The number of halogens is 21. The molecule has 0 heterocycles. The van der Waals surface area contributed by atoms with Crippen molar-refractivity contribution in [1.82, 2.24) is 0 Å². The van der Waals surface area contributed by atoms with E-state index in [1.54, 1.807) is 0 Å². The van der Waals surface area contributed by atoms with E-state index in [4.69, 9.17) is 5.11 Å². The molecule has 40 heavy (non-hydrogen) atoms. The first kappa shape index (κ1) is 34.8. The van der Waals surface area contributed by atoms with Gasteiger partial charge in [0, 0.05) is 0 Å².